The first-order chi connectivity index (χ1) is 9.47. The summed E-state index contributed by atoms with van der Waals surface area (Å²) in [4.78, 5) is 0.244. The predicted octanol–water partition coefficient (Wildman–Crippen LogP) is 1.90. The molecule has 0 aromatic heterocycles. The summed E-state index contributed by atoms with van der Waals surface area (Å²) in [5.74, 6) is 0.794. The van der Waals surface area contributed by atoms with Gasteiger partial charge in [-0.1, -0.05) is 0 Å². The molecule has 0 radical (unpaired) electrons. The number of benzene rings is 1. The summed E-state index contributed by atoms with van der Waals surface area (Å²) in [5.41, 5.74) is 7.06. The molecule has 0 saturated heterocycles. The van der Waals surface area contributed by atoms with Crippen LogP contribution in [0, 0.1) is 5.92 Å². The lowest BCUT2D eigenvalue weighted by Crippen LogP contribution is -2.09. The van der Waals surface area contributed by atoms with Crippen LogP contribution >= 0.6 is 0 Å². The molecule has 1 aromatic carbocycles. The molecule has 20 heavy (non-hydrogen) atoms. The molecule has 0 heterocycles. The molecule has 112 valence electrons. The zero-order valence-electron chi connectivity index (χ0n) is 11.8. The van der Waals surface area contributed by atoms with Gasteiger partial charge in [-0.2, -0.15) is 0 Å². The van der Waals surface area contributed by atoms with Crippen LogP contribution in [0.3, 0.4) is 0 Å². The fraction of sp³-hybridized carbons (Fsp3) is 0.571. The second kappa shape index (κ2) is 6.45. The second-order valence-electron chi connectivity index (χ2n) is 5.32. The first kappa shape index (κ1) is 15.1. The van der Waals surface area contributed by atoms with Gasteiger partial charge in [-0.25, -0.2) is 8.42 Å². The van der Waals surface area contributed by atoms with Crippen molar-refractivity contribution in [3.05, 3.63) is 18.2 Å². The van der Waals surface area contributed by atoms with Gasteiger partial charge >= 0.3 is 0 Å². The molecule has 5 nitrogen and oxygen atoms in total. The summed E-state index contributed by atoms with van der Waals surface area (Å²) in [6, 6.07) is 4.76. The minimum absolute atomic E-state index is 0.244. The molecule has 0 atom stereocenters. The van der Waals surface area contributed by atoms with Crippen molar-refractivity contribution in [2.45, 2.75) is 24.2 Å². The Bertz CT molecular complexity index is 554. The molecule has 0 aliphatic heterocycles. The van der Waals surface area contributed by atoms with E-state index in [1.54, 1.807) is 12.1 Å². The minimum Gasteiger partial charge on any atom is -0.397 e. The number of nitrogen functional groups attached to an aromatic ring is 1. The highest BCUT2D eigenvalue weighted by molar-refractivity contribution is 7.90. The standard InChI is InChI=1S/C14H22N2O3S/c1-20(17,18)12-5-6-14(13(15)9-12)16-7-2-8-19-10-11-3-4-11/h5-6,9,11,16H,2-4,7-8,10,15H2,1H3. The van der Waals surface area contributed by atoms with Gasteiger partial charge in [0.1, 0.15) is 0 Å². The third-order valence-electron chi connectivity index (χ3n) is 3.28. The lowest BCUT2D eigenvalue weighted by molar-refractivity contribution is 0.124. The molecule has 1 aliphatic rings. The van der Waals surface area contributed by atoms with Crippen LogP contribution in [0.15, 0.2) is 23.1 Å². The van der Waals surface area contributed by atoms with E-state index < -0.39 is 9.84 Å². The number of hydrogen-bond acceptors (Lipinski definition) is 5. The molecule has 2 rings (SSSR count). The van der Waals surface area contributed by atoms with Crippen LogP contribution in [0.2, 0.25) is 0 Å². The Hall–Kier alpha value is -1.27. The van der Waals surface area contributed by atoms with Crippen LogP contribution in [0.1, 0.15) is 19.3 Å². The molecule has 6 heteroatoms. The summed E-state index contributed by atoms with van der Waals surface area (Å²) < 4.78 is 28.3. The molecule has 1 aliphatic carbocycles. The largest absolute Gasteiger partial charge is 0.397 e. The van der Waals surface area contributed by atoms with E-state index in [-0.39, 0.29) is 4.90 Å². The highest BCUT2D eigenvalue weighted by Gasteiger charge is 2.20. The van der Waals surface area contributed by atoms with Gasteiger partial charge < -0.3 is 15.8 Å². The van der Waals surface area contributed by atoms with Crippen LogP contribution in [-0.2, 0) is 14.6 Å². The van der Waals surface area contributed by atoms with Gasteiger partial charge in [0.2, 0.25) is 0 Å². The van der Waals surface area contributed by atoms with Crippen molar-refractivity contribution < 1.29 is 13.2 Å². The molecule has 0 spiro atoms. The maximum Gasteiger partial charge on any atom is 0.175 e. The van der Waals surface area contributed by atoms with Gasteiger partial charge in [0.15, 0.2) is 9.84 Å². The van der Waals surface area contributed by atoms with E-state index in [1.165, 1.54) is 25.2 Å². The second-order valence-corrected chi connectivity index (χ2v) is 7.34. The Balaban J connectivity index is 1.74. The highest BCUT2D eigenvalue weighted by atomic mass is 32.2. The summed E-state index contributed by atoms with van der Waals surface area (Å²) >= 11 is 0. The van der Waals surface area contributed by atoms with Gasteiger partial charge in [0, 0.05) is 26.0 Å². The normalized spacial score (nSPS) is 15.2. The Morgan fingerprint density at radius 3 is 2.75 bits per heavy atom. The van der Waals surface area contributed by atoms with Crippen LogP contribution < -0.4 is 11.1 Å². The number of sulfone groups is 1. The van der Waals surface area contributed by atoms with E-state index >= 15 is 0 Å². The summed E-state index contributed by atoms with van der Waals surface area (Å²) in [5, 5.41) is 3.20. The van der Waals surface area contributed by atoms with E-state index in [0.29, 0.717) is 5.69 Å². The van der Waals surface area contributed by atoms with Gasteiger partial charge in [-0.15, -0.1) is 0 Å². The first-order valence-electron chi connectivity index (χ1n) is 6.88. The molecular weight excluding hydrogens is 276 g/mol. The summed E-state index contributed by atoms with van der Waals surface area (Å²) in [7, 11) is -3.20. The lowest BCUT2D eigenvalue weighted by atomic mass is 10.2. The maximum absolute atomic E-state index is 11.4. The third kappa shape index (κ3) is 4.68. The van der Waals surface area contributed by atoms with Crippen LogP contribution in [0.4, 0.5) is 11.4 Å². The predicted molar refractivity (Wildman–Crippen MR) is 80.6 cm³/mol. The van der Waals surface area contributed by atoms with E-state index in [1.807, 2.05) is 0 Å². The number of ether oxygens (including phenoxy) is 1. The van der Waals surface area contributed by atoms with E-state index in [9.17, 15) is 8.42 Å². The van der Waals surface area contributed by atoms with Crippen LogP contribution in [0.25, 0.3) is 0 Å². The molecule has 1 fully saturated rings. The lowest BCUT2D eigenvalue weighted by Gasteiger charge is -2.10. The van der Waals surface area contributed by atoms with Crippen molar-refractivity contribution in [2.24, 2.45) is 5.92 Å². The molecule has 0 bridgehead atoms. The van der Waals surface area contributed by atoms with Crippen molar-refractivity contribution in [2.75, 3.05) is 37.1 Å². The average Bonchev–Trinajstić information content (AvgIpc) is 3.18. The maximum atomic E-state index is 11.4. The van der Waals surface area contributed by atoms with E-state index in [2.05, 4.69) is 5.32 Å². The van der Waals surface area contributed by atoms with Crippen molar-refractivity contribution in [1.29, 1.82) is 0 Å². The number of nitrogens with two attached hydrogens (primary N) is 1. The fourth-order valence-corrected chi connectivity index (χ4v) is 2.52. The summed E-state index contributed by atoms with van der Waals surface area (Å²) in [6.07, 6.45) is 4.69. The zero-order valence-corrected chi connectivity index (χ0v) is 12.6. The number of nitrogens with one attached hydrogen (secondary N) is 1. The Kier molecular flexibility index (Phi) is 4.88. The van der Waals surface area contributed by atoms with Crippen molar-refractivity contribution in [3.8, 4) is 0 Å². The first-order valence-corrected chi connectivity index (χ1v) is 8.77. The van der Waals surface area contributed by atoms with Gasteiger partial charge in [0.05, 0.1) is 16.3 Å². The highest BCUT2D eigenvalue weighted by Crippen LogP contribution is 2.28. The smallest absolute Gasteiger partial charge is 0.175 e. The summed E-state index contributed by atoms with van der Waals surface area (Å²) in [6.45, 7) is 2.38. The van der Waals surface area contributed by atoms with E-state index in [4.69, 9.17) is 10.5 Å². The topological polar surface area (TPSA) is 81.4 Å². The third-order valence-corrected chi connectivity index (χ3v) is 4.39. The van der Waals surface area contributed by atoms with Gasteiger partial charge in [0.25, 0.3) is 0 Å². The average molecular weight is 298 g/mol. The number of hydrogen-bond donors (Lipinski definition) is 2. The Morgan fingerprint density at radius 1 is 1.40 bits per heavy atom. The molecule has 1 aromatic rings. The number of anilines is 2. The molecule has 1 saturated carbocycles. The van der Waals surface area contributed by atoms with Crippen LogP contribution in [-0.4, -0.2) is 34.4 Å². The monoisotopic (exact) mass is 298 g/mol. The minimum atomic E-state index is -3.20. The van der Waals surface area contributed by atoms with Crippen molar-refractivity contribution in [1.82, 2.24) is 0 Å². The SMILES string of the molecule is CS(=O)(=O)c1ccc(NCCCOCC2CC2)c(N)c1. The molecule has 0 amide bonds. The quantitative estimate of drug-likeness (QED) is 0.566. The van der Waals surface area contributed by atoms with Crippen molar-refractivity contribution >= 4 is 21.2 Å². The van der Waals surface area contributed by atoms with Crippen LogP contribution in [0.5, 0.6) is 0 Å². The molecule has 0 unspecified atom stereocenters. The van der Waals surface area contributed by atoms with Crippen molar-refractivity contribution in [3.63, 3.8) is 0 Å². The Morgan fingerprint density at radius 2 is 2.15 bits per heavy atom. The molecular formula is C14H22N2O3S. The zero-order chi connectivity index (χ0) is 14.6. The fourth-order valence-electron chi connectivity index (χ4n) is 1.86. The van der Waals surface area contributed by atoms with Gasteiger partial charge in [-0.3, -0.25) is 0 Å². The molecule has 3 N–H and O–H groups in total. The van der Waals surface area contributed by atoms with E-state index in [0.717, 1.165) is 37.8 Å². The van der Waals surface area contributed by atoms with Gasteiger partial charge in [-0.05, 0) is 43.4 Å². The number of rotatable bonds is 8. The Labute approximate surface area is 120 Å².